The number of sulfone groups is 1. The Morgan fingerprint density at radius 3 is 2.00 bits per heavy atom. The SMILES string of the molecule is CS(=O)(=O)c1cc(C(=O)NNC(=O)c2ccc(F)cc2)ccc1Cl. The van der Waals surface area contributed by atoms with E-state index in [-0.39, 0.29) is 21.0 Å². The van der Waals surface area contributed by atoms with Gasteiger partial charge in [0.2, 0.25) is 0 Å². The van der Waals surface area contributed by atoms with Gasteiger partial charge in [0.25, 0.3) is 11.8 Å². The zero-order valence-electron chi connectivity index (χ0n) is 12.3. The lowest BCUT2D eigenvalue weighted by atomic mass is 10.2. The van der Waals surface area contributed by atoms with Crippen LogP contribution in [-0.4, -0.2) is 26.5 Å². The summed E-state index contributed by atoms with van der Waals surface area (Å²) in [5.41, 5.74) is 4.43. The van der Waals surface area contributed by atoms with Crippen molar-refractivity contribution in [2.24, 2.45) is 0 Å². The van der Waals surface area contributed by atoms with Crippen molar-refractivity contribution < 1.29 is 22.4 Å². The maximum Gasteiger partial charge on any atom is 0.269 e. The quantitative estimate of drug-likeness (QED) is 0.808. The highest BCUT2D eigenvalue weighted by molar-refractivity contribution is 7.90. The van der Waals surface area contributed by atoms with Crippen LogP contribution in [0.3, 0.4) is 0 Å². The average Bonchev–Trinajstić information content (AvgIpc) is 2.52. The number of carbonyl (C=O) groups excluding carboxylic acids is 2. The van der Waals surface area contributed by atoms with Gasteiger partial charge in [0.05, 0.1) is 9.92 Å². The Balaban J connectivity index is 2.10. The fourth-order valence-corrected chi connectivity index (χ4v) is 3.09. The van der Waals surface area contributed by atoms with Gasteiger partial charge in [0, 0.05) is 17.4 Å². The van der Waals surface area contributed by atoms with Gasteiger partial charge in [-0.2, -0.15) is 0 Å². The predicted octanol–water partition coefficient (Wildman–Crippen LogP) is 1.96. The Labute approximate surface area is 142 Å². The molecule has 2 amide bonds. The molecule has 2 N–H and O–H groups in total. The third-order valence-corrected chi connectivity index (χ3v) is 4.57. The van der Waals surface area contributed by atoms with Crippen molar-refractivity contribution in [3.8, 4) is 0 Å². The lowest BCUT2D eigenvalue weighted by molar-refractivity contribution is 0.0846. The van der Waals surface area contributed by atoms with Crippen LogP contribution in [0.2, 0.25) is 5.02 Å². The summed E-state index contributed by atoms with van der Waals surface area (Å²) < 4.78 is 36.0. The van der Waals surface area contributed by atoms with Crippen LogP contribution in [0.4, 0.5) is 4.39 Å². The minimum absolute atomic E-state index is 0.000712. The maximum absolute atomic E-state index is 12.8. The second kappa shape index (κ2) is 6.98. The summed E-state index contributed by atoms with van der Waals surface area (Å²) >= 11 is 5.79. The molecule has 0 saturated heterocycles. The number of hydrogen-bond donors (Lipinski definition) is 2. The first-order valence-electron chi connectivity index (χ1n) is 6.54. The van der Waals surface area contributed by atoms with Crippen molar-refractivity contribution in [3.05, 3.63) is 64.4 Å². The van der Waals surface area contributed by atoms with Crippen LogP contribution in [0.5, 0.6) is 0 Å². The number of amides is 2. The molecule has 0 spiro atoms. The summed E-state index contributed by atoms with van der Waals surface area (Å²) in [5, 5.41) is -0.00982. The first-order valence-corrected chi connectivity index (χ1v) is 8.81. The van der Waals surface area contributed by atoms with E-state index in [2.05, 4.69) is 10.9 Å². The number of hydrazine groups is 1. The van der Waals surface area contributed by atoms with E-state index in [0.29, 0.717) is 0 Å². The van der Waals surface area contributed by atoms with Crippen LogP contribution in [0, 0.1) is 5.82 Å². The molecular formula is C15H12ClFN2O4S. The summed E-state index contributed by atoms with van der Waals surface area (Å²) in [4.78, 5) is 23.6. The van der Waals surface area contributed by atoms with Crippen molar-refractivity contribution >= 4 is 33.3 Å². The molecule has 0 unspecified atom stereocenters. The molecule has 2 rings (SSSR count). The first-order chi connectivity index (χ1) is 11.2. The van der Waals surface area contributed by atoms with E-state index in [4.69, 9.17) is 11.6 Å². The predicted molar refractivity (Wildman–Crippen MR) is 85.9 cm³/mol. The minimum atomic E-state index is -3.60. The standard InChI is InChI=1S/C15H12ClFN2O4S/c1-24(22,23)13-8-10(4-7-12(13)16)15(21)19-18-14(20)9-2-5-11(17)6-3-9/h2-8H,1H3,(H,18,20)(H,19,21). The third-order valence-electron chi connectivity index (χ3n) is 2.99. The molecule has 0 fully saturated rings. The highest BCUT2D eigenvalue weighted by Gasteiger charge is 2.16. The number of hydrogen-bond acceptors (Lipinski definition) is 4. The number of halogens is 2. The summed E-state index contributed by atoms with van der Waals surface area (Å²) in [6.07, 6.45) is 0.964. The molecule has 126 valence electrons. The zero-order valence-corrected chi connectivity index (χ0v) is 13.9. The topological polar surface area (TPSA) is 92.3 Å². The van der Waals surface area contributed by atoms with Gasteiger partial charge in [0.15, 0.2) is 9.84 Å². The monoisotopic (exact) mass is 370 g/mol. The second-order valence-corrected chi connectivity index (χ2v) is 7.22. The van der Waals surface area contributed by atoms with E-state index < -0.39 is 27.5 Å². The van der Waals surface area contributed by atoms with Gasteiger partial charge in [0.1, 0.15) is 5.82 Å². The largest absolute Gasteiger partial charge is 0.269 e. The van der Waals surface area contributed by atoms with E-state index >= 15 is 0 Å². The lowest BCUT2D eigenvalue weighted by Gasteiger charge is -2.09. The lowest BCUT2D eigenvalue weighted by Crippen LogP contribution is -2.41. The summed E-state index contributed by atoms with van der Waals surface area (Å²) in [6.45, 7) is 0. The third kappa shape index (κ3) is 4.30. The van der Waals surface area contributed by atoms with Crippen molar-refractivity contribution in [2.45, 2.75) is 4.90 Å². The molecule has 2 aromatic rings. The van der Waals surface area contributed by atoms with Gasteiger partial charge in [-0.3, -0.25) is 20.4 Å². The molecule has 2 aromatic carbocycles. The van der Waals surface area contributed by atoms with E-state index in [1.807, 2.05) is 0 Å². The summed E-state index contributed by atoms with van der Waals surface area (Å²) in [6, 6.07) is 8.41. The molecule has 24 heavy (non-hydrogen) atoms. The fraction of sp³-hybridized carbons (Fsp3) is 0.0667. The van der Waals surface area contributed by atoms with Gasteiger partial charge < -0.3 is 0 Å². The molecule has 9 heteroatoms. The molecule has 0 atom stereocenters. The van der Waals surface area contributed by atoms with Crippen molar-refractivity contribution in [3.63, 3.8) is 0 Å². The number of nitrogens with one attached hydrogen (secondary N) is 2. The smallest absolute Gasteiger partial charge is 0.267 e. The Kier molecular flexibility index (Phi) is 5.20. The molecule has 0 heterocycles. The highest BCUT2D eigenvalue weighted by Crippen LogP contribution is 2.22. The Hall–Kier alpha value is -2.45. The van der Waals surface area contributed by atoms with Gasteiger partial charge in [-0.05, 0) is 42.5 Å². The average molecular weight is 371 g/mol. The fourth-order valence-electron chi connectivity index (χ4n) is 1.79. The zero-order chi connectivity index (χ0) is 17.9. The molecular weight excluding hydrogens is 359 g/mol. The van der Waals surface area contributed by atoms with Crippen LogP contribution in [0.1, 0.15) is 20.7 Å². The number of rotatable bonds is 3. The van der Waals surface area contributed by atoms with Crippen LogP contribution in [0.25, 0.3) is 0 Å². The molecule has 0 aliphatic rings. The van der Waals surface area contributed by atoms with Crippen molar-refractivity contribution in [1.29, 1.82) is 0 Å². The van der Waals surface area contributed by atoms with Gasteiger partial charge in [-0.25, -0.2) is 12.8 Å². The van der Waals surface area contributed by atoms with E-state index in [0.717, 1.165) is 24.5 Å². The van der Waals surface area contributed by atoms with Gasteiger partial charge in [-0.1, -0.05) is 11.6 Å². The van der Waals surface area contributed by atoms with Gasteiger partial charge in [-0.15, -0.1) is 0 Å². The van der Waals surface area contributed by atoms with E-state index in [9.17, 15) is 22.4 Å². The first kappa shape index (κ1) is 17.9. The van der Waals surface area contributed by atoms with Gasteiger partial charge >= 0.3 is 0 Å². The molecule has 0 aliphatic carbocycles. The normalized spacial score (nSPS) is 11.0. The minimum Gasteiger partial charge on any atom is -0.267 e. The van der Waals surface area contributed by atoms with E-state index in [1.54, 1.807) is 0 Å². The van der Waals surface area contributed by atoms with E-state index in [1.165, 1.54) is 24.3 Å². The molecule has 0 aromatic heterocycles. The number of benzene rings is 2. The Morgan fingerprint density at radius 2 is 1.46 bits per heavy atom. The van der Waals surface area contributed by atoms with Crippen molar-refractivity contribution in [1.82, 2.24) is 10.9 Å². The molecule has 0 aliphatic heterocycles. The van der Waals surface area contributed by atoms with Crippen LogP contribution >= 0.6 is 11.6 Å². The Morgan fingerprint density at radius 1 is 0.958 bits per heavy atom. The summed E-state index contributed by atoms with van der Waals surface area (Å²) in [7, 11) is -3.60. The molecule has 0 saturated carbocycles. The molecule has 0 radical (unpaired) electrons. The number of carbonyl (C=O) groups is 2. The maximum atomic E-state index is 12.8. The van der Waals surface area contributed by atoms with Crippen LogP contribution in [0.15, 0.2) is 47.4 Å². The second-order valence-electron chi connectivity index (χ2n) is 4.83. The summed E-state index contributed by atoms with van der Waals surface area (Å²) in [5.74, 6) is -1.88. The highest BCUT2D eigenvalue weighted by atomic mass is 35.5. The van der Waals surface area contributed by atoms with Crippen LogP contribution < -0.4 is 10.9 Å². The Bertz CT molecular complexity index is 898. The van der Waals surface area contributed by atoms with Crippen LogP contribution in [-0.2, 0) is 9.84 Å². The molecule has 0 bridgehead atoms. The van der Waals surface area contributed by atoms with Crippen molar-refractivity contribution in [2.75, 3.05) is 6.26 Å². The molecule has 6 nitrogen and oxygen atoms in total.